The summed E-state index contributed by atoms with van der Waals surface area (Å²) in [6, 6.07) is 20.5. The van der Waals surface area contributed by atoms with Crippen LogP contribution in [0.4, 0.5) is 10.5 Å². The van der Waals surface area contributed by atoms with Gasteiger partial charge in [0.25, 0.3) is 0 Å². The zero-order valence-electron chi connectivity index (χ0n) is 19.3. The molecular weight excluding hydrogens is 430 g/mol. The highest BCUT2D eigenvalue weighted by Gasteiger charge is 2.27. The molecule has 2 heterocycles. The topological polar surface area (TPSA) is 44.8 Å². The number of likely N-dealkylation sites (tertiary alicyclic amines) is 1. The van der Waals surface area contributed by atoms with Crippen molar-refractivity contribution < 1.29 is 9.53 Å². The molecule has 1 N–H and O–H groups in total. The molecule has 6 heteroatoms. The second kappa shape index (κ2) is 11.9. The van der Waals surface area contributed by atoms with Crippen LogP contribution in [0.3, 0.4) is 0 Å². The van der Waals surface area contributed by atoms with E-state index in [0.29, 0.717) is 6.04 Å². The number of urea groups is 1. The van der Waals surface area contributed by atoms with E-state index in [0.717, 1.165) is 69.0 Å². The molecule has 0 spiro atoms. The minimum absolute atomic E-state index is 0.0364. The zero-order valence-corrected chi connectivity index (χ0v) is 20.1. The average Bonchev–Trinajstić information content (AvgIpc) is 3.35. The average molecular weight is 464 g/mol. The largest absolute Gasteiger partial charge is 0.457 e. The molecule has 2 aromatic carbocycles. The predicted octanol–water partition coefficient (Wildman–Crippen LogP) is 6.84. The Morgan fingerprint density at radius 1 is 1.06 bits per heavy atom. The van der Waals surface area contributed by atoms with Crippen molar-refractivity contribution in [1.82, 2.24) is 9.80 Å². The first kappa shape index (κ1) is 23.3. The minimum Gasteiger partial charge on any atom is -0.457 e. The molecule has 0 radical (unpaired) electrons. The number of carbonyl (C=O) groups excluding carboxylic acids is 1. The first-order valence-corrected chi connectivity index (χ1v) is 12.8. The van der Waals surface area contributed by atoms with Crippen molar-refractivity contribution >= 4 is 23.1 Å². The third kappa shape index (κ3) is 6.83. The van der Waals surface area contributed by atoms with Gasteiger partial charge < -0.3 is 15.0 Å². The summed E-state index contributed by atoms with van der Waals surface area (Å²) in [5.41, 5.74) is 2.18. The molecule has 1 aliphatic rings. The van der Waals surface area contributed by atoms with Gasteiger partial charge in [0.15, 0.2) is 0 Å². The van der Waals surface area contributed by atoms with E-state index < -0.39 is 0 Å². The van der Waals surface area contributed by atoms with Crippen LogP contribution < -0.4 is 10.1 Å². The number of para-hydroxylation sites is 1. The van der Waals surface area contributed by atoms with E-state index in [1.165, 1.54) is 5.56 Å². The summed E-state index contributed by atoms with van der Waals surface area (Å²) in [5.74, 6) is 1.70. The molecule has 33 heavy (non-hydrogen) atoms. The van der Waals surface area contributed by atoms with E-state index in [2.05, 4.69) is 34.2 Å². The third-order valence-corrected chi connectivity index (χ3v) is 6.78. The lowest BCUT2D eigenvalue weighted by Gasteiger charge is -2.38. The van der Waals surface area contributed by atoms with Crippen LogP contribution in [-0.4, -0.2) is 41.5 Å². The van der Waals surface area contributed by atoms with E-state index in [1.807, 2.05) is 59.3 Å². The lowest BCUT2D eigenvalue weighted by Crippen LogP contribution is -2.49. The highest BCUT2D eigenvalue weighted by atomic mass is 32.1. The summed E-state index contributed by atoms with van der Waals surface area (Å²) in [6.45, 7) is 5.92. The maximum absolute atomic E-state index is 12.9. The highest BCUT2D eigenvalue weighted by Crippen LogP contribution is 2.24. The fourth-order valence-corrected chi connectivity index (χ4v) is 4.83. The third-order valence-electron chi connectivity index (χ3n) is 6.09. The van der Waals surface area contributed by atoms with E-state index in [-0.39, 0.29) is 6.03 Å². The van der Waals surface area contributed by atoms with Gasteiger partial charge in [0, 0.05) is 37.6 Å². The first-order chi connectivity index (χ1) is 16.2. The van der Waals surface area contributed by atoms with Crippen molar-refractivity contribution in [2.75, 3.05) is 25.0 Å². The fraction of sp³-hybridized carbons (Fsp3) is 0.370. The number of hydrogen-bond donors (Lipinski definition) is 1. The molecule has 1 aliphatic heterocycles. The molecule has 0 atom stereocenters. The Kier molecular flexibility index (Phi) is 8.39. The van der Waals surface area contributed by atoms with Crippen molar-refractivity contribution in [2.24, 2.45) is 0 Å². The molecule has 174 valence electrons. The van der Waals surface area contributed by atoms with Crippen LogP contribution in [0.2, 0.25) is 0 Å². The lowest BCUT2D eigenvalue weighted by molar-refractivity contribution is 0.122. The molecule has 0 aliphatic carbocycles. The Hall–Kier alpha value is -2.83. The molecule has 5 nitrogen and oxygen atoms in total. The van der Waals surface area contributed by atoms with Crippen molar-refractivity contribution in [3.05, 3.63) is 77.0 Å². The van der Waals surface area contributed by atoms with Gasteiger partial charge in [-0.15, -0.1) is 0 Å². The number of nitrogens with zero attached hydrogens (tertiary/aromatic N) is 2. The molecule has 2 amide bonds. The predicted molar refractivity (Wildman–Crippen MR) is 136 cm³/mol. The number of rotatable bonds is 9. The zero-order chi connectivity index (χ0) is 22.9. The molecule has 0 saturated carbocycles. The number of unbranched alkanes of at least 4 members (excludes halogenated alkanes) is 1. The number of carbonyl (C=O) groups is 1. The normalized spacial score (nSPS) is 14.7. The van der Waals surface area contributed by atoms with Gasteiger partial charge >= 0.3 is 6.03 Å². The number of benzene rings is 2. The molecule has 0 unspecified atom stereocenters. The van der Waals surface area contributed by atoms with Crippen molar-refractivity contribution in [2.45, 2.75) is 45.2 Å². The Morgan fingerprint density at radius 3 is 2.45 bits per heavy atom. The van der Waals surface area contributed by atoms with Crippen LogP contribution >= 0.6 is 11.3 Å². The molecular formula is C27H33N3O2S. The van der Waals surface area contributed by atoms with Gasteiger partial charge in [-0.25, -0.2) is 4.79 Å². The molecule has 1 aromatic heterocycles. The molecule has 0 bridgehead atoms. The molecule has 1 saturated heterocycles. The Labute approximate surface area is 201 Å². The minimum atomic E-state index is 0.0364. The summed E-state index contributed by atoms with van der Waals surface area (Å²) in [5, 5.41) is 7.05. The lowest BCUT2D eigenvalue weighted by atomic mass is 10.0. The molecule has 3 aromatic rings. The van der Waals surface area contributed by atoms with Gasteiger partial charge in [0.2, 0.25) is 0 Å². The fourth-order valence-electron chi connectivity index (χ4n) is 4.24. The van der Waals surface area contributed by atoms with Crippen LogP contribution in [0.25, 0.3) is 0 Å². The number of piperidine rings is 1. The van der Waals surface area contributed by atoms with Crippen LogP contribution in [0.1, 0.15) is 38.2 Å². The van der Waals surface area contributed by atoms with Crippen LogP contribution in [0.5, 0.6) is 11.5 Å². The first-order valence-electron chi connectivity index (χ1n) is 11.9. The summed E-state index contributed by atoms with van der Waals surface area (Å²) in [7, 11) is 0. The number of amides is 2. The van der Waals surface area contributed by atoms with Gasteiger partial charge in [0.1, 0.15) is 11.5 Å². The summed E-state index contributed by atoms with van der Waals surface area (Å²) in [4.78, 5) is 17.5. The second-order valence-corrected chi connectivity index (χ2v) is 9.34. The van der Waals surface area contributed by atoms with Gasteiger partial charge in [-0.3, -0.25) is 4.90 Å². The van der Waals surface area contributed by atoms with E-state index in [1.54, 1.807) is 11.3 Å². The number of ether oxygens (including phenoxy) is 1. The van der Waals surface area contributed by atoms with Gasteiger partial charge in [-0.2, -0.15) is 11.3 Å². The van der Waals surface area contributed by atoms with Gasteiger partial charge in [0.05, 0.1) is 5.69 Å². The Bertz CT molecular complexity index is 968. The molecule has 1 fully saturated rings. The van der Waals surface area contributed by atoms with Crippen molar-refractivity contribution in [1.29, 1.82) is 0 Å². The van der Waals surface area contributed by atoms with E-state index in [4.69, 9.17) is 4.74 Å². The quantitative estimate of drug-likeness (QED) is 0.378. The Balaban J connectivity index is 1.28. The maximum Gasteiger partial charge on any atom is 0.322 e. The second-order valence-electron chi connectivity index (χ2n) is 8.56. The number of thiophene rings is 1. The smallest absolute Gasteiger partial charge is 0.322 e. The number of anilines is 1. The molecule has 4 rings (SSSR count). The summed E-state index contributed by atoms with van der Waals surface area (Å²) < 4.78 is 5.90. The van der Waals surface area contributed by atoms with Gasteiger partial charge in [-0.05, 0) is 60.5 Å². The van der Waals surface area contributed by atoms with Crippen LogP contribution in [0, 0.1) is 0 Å². The summed E-state index contributed by atoms with van der Waals surface area (Å²) in [6.07, 6.45) is 4.14. The number of hydrogen-bond acceptors (Lipinski definition) is 4. The van der Waals surface area contributed by atoms with Crippen molar-refractivity contribution in [3.8, 4) is 11.5 Å². The monoisotopic (exact) mass is 463 g/mol. The SMILES string of the molecule is CCCCN(C(=O)Nc1ccsc1)C1CCN(Cc2ccc(Oc3ccccc3)cc2)CC1. The van der Waals surface area contributed by atoms with E-state index >= 15 is 0 Å². The number of nitrogens with one attached hydrogen (secondary N) is 1. The standard InChI is InChI=1S/C27H33N3O2S/c1-2-3-16-30(27(31)28-23-15-19-33-21-23)24-13-17-29(18-14-24)20-22-9-11-26(12-10-22)32-25-7-5-4-6-8-25/h4-12,15,19,21,24H,2-3,13-14,16-18,20H2,1H3,(H,28,31). The maximum atomic E-state index is 12.9. The van der Waals surface area contributed by atoms with Crippen LogP contribution in [-0.2, 0) is 6.54 Å². The highest BCUT2D eigenvalue weighted by molar-refractivity contribution is 7.08. The van der Waals surface area contributed by atoms with Crippen LogP contribution in [0.15, 0.2) is 71.4 Å². The van der Waals surface area contributed by atoms with Crippen molar-refractivity contribution in [3.63, 3.8) is 0 Å². The van der Waals surface area contributed by atoms with E-state index in [9.17, 15) is 4.79 Å². The Morgan fingerprint density at radius 2 is 1.79 bits per heavy atom. The summed E-state index contributed by atoms with van der Waals surface area (Å²) >= 11 is 1.60. The van der Waals surface area contributed by atoms with Gasteiger partial charge in [-0.1, -0.05) is 43.7 Å².